The zero-order valence-electron chi connectivity index (χ0n) is 16.7. The first kappa shape index (κ1) is 21.4. The van der Waals surface area contributed by atoms with E-state index in [0.717, 1.165) is 0 Å². The monoisotopic (exact) mass is 382 g/mol. The molecule has 1 unspecified atom stereocenters. The van der Waals surface area contributed by atoms with E-state index in [1.165, 1.54) is 0 Å². The summed E-state index contributed by atoms with van der Waals surface area (Å²) in [5.74, 6) is -2.06. The molecular formula is C23H26O5. The van der Waals surface area contributed by atoms with E-state index in [-0.39, 0.29) is 18.1 Å². The average molecular weight is 382 g/mol. The molecule has 1 atom stereocenters. The highest BCUT2D eigenvalue weighted by Gasteiger charge is 2.37. The number of esters is 2. The number of benzene rings is 2. The Bertz CT molecular complexity index is 809. The van der Waals surface area contributed by atoms with Crippen LogP contribution in [-0.2, 0) is 14.3 Å². The number of rotatable bonds is 8. The Morgan fingerprint density at radius 3 is 1.86 bits per heavy atom. The second-order valence-electron chi connectivity index (χ2n) is 7.70. The van der Waals surface area contributed by atoms with Crippen molar-refractivity contribution in [2.24, 2.45) is 11.3 Å². The molecule has 0 aromatic heterocycles. The molecule has 0 amide bonds. The highest BCUT2D eigenvalue weighted by molar-refractivity contribution is 6.40. The zero-order valence-corrected chi connectivity index (χ0v) is 16.7. The number of carbonyl (C=O) groups excluding carboxylic acids is 3. The number of Topliss-reactive ketones (excluding diaryl/α,β-unsaturated/α-hetero) is 1. The molecule has 28 heavy (non-hydrogen) atoms. The second kappa shape index (κ2) is 9.31. The largest absolute Gasteiger partial charge is 0.459 e. The van der Waals surface area contributed by atoms with Crippen LogP contribution < -0.4 is 0 Å². The fourth-order valence-corrected chi connectivity index (χ4v) is 3.06. The number of carbonyl (C=O) groups is 3. The summed E-state index contributed by atoms with van der Waals surface area (Å²) in [6, 6.07) is 17.0. The molecular weight excluding hydrogens is 356 g/mol. The van der Waals surface area contributed by atoms with Gasteiger partial charge in [0.2, 0.25) is 0 Å². The van der Waals surface area contributed by atoms with E-state index in [4.69, 9.17) is 9.47 Å². The van der Waals surface area contributed by atoms with Gasteiger partial charge in [-0.25, -0.2) is 9.59 Å². The van der Waals surface area contributed by atoms with E-state index in [0.29, 0.717) is 5.56 Å². The lowest BCUT2D eigenvalue weighted by atomic mass is 9.81. The summed E-state index contributed by atoms with van der Waals surface area (Å²) in [6.07, 6.45) is -0.500. The fraction of sp³-hybridized carbons (Fsp3) is 0.348. The molecule has 0 heterocycles. The Balaban J connectivity index is 2.04. The average Bonchev–Trinajstić information content (AvgIpc) is 2.70. The van der Waals surface area contributed by atoms with Crippen LogP contribution in [0.4, 0.5) is 0 Å². The van der Waals surface area contributed by atoms with E-state index >= 15 is 0 Å². The van der Waals surface area contributed by atoms with Gasteiger partial charge in [-0.05, 0) is 18.1 Å². The third kappa shape index (κ3) is 5.52. The number of hydrogen-bond donors (Lipinski definition) is 0. The highest BCUT2D eigenvalue weighted by Crippen LogP contribution is 2.30. The summed E-state index contributed by atoms with van der Waals surface area (Å²) in [4.78, 5) is 36.8. The van der Waals surface area contributed by atoms with Gasteiger partial charge in [0.15, 0.2) is 0 Å². The van der Waals surface area contributed by atoms with Crippen molar-refractivity contribution < 1.29 is 23.9 Å². The predicted octanol–water partition coefficient (Wildman–Crippen LogP) is 4.32. The van der Waals surface area contributed by atoms with E-state index in [1.54, 1.807) is 54.6 Å². The molecule has 0 N–H and O–H groups in total. The lowest BCUT2D eigenvalue weighted by Crippen LogP contribution is -2.42. The molecule has 0 aliphatic rings. The van der Waals surface area contributed by atoms with Gasteiger partial charge in [0.1, 0.15) is 12.7 Å². The van der Waals surface area contributed by atoms with Crippen molar-refractivity contribution in [2.75, 3.05) is 6.61 Å². The lowest BCUT2D eigenvalue weighted by Gasteiger charge is -2.35. The van der Waals surface area contributed by atoms with Crippen LogP contribution in [0.25, 0.3) is 0 Å². The lowest BCUT2D eigenvalue weighted by molar-refractivity contribution is -0.144. The smallest absolute Gasteiger partial charge is 0.379 e. The first-order valence-electron chi connectivity index (χ1n) is 9.25. The summed E-state index contributed by atoms with van der Waals surface area (Å²) in [6.45, 7) is 7.50. The molecule has 2 aromatic rings. The van der Waals surface area contributed by atoms with Crippen molar-refractivity contribution in [3.05, 3.63) is 71.8 Å². The van der Waals surface area contributed by atoms with Crippen LogP contribution in [0.5, 0.6) is 0 Å². The minimum atomic E-state index is -0.920. The third-order valence-corrected chi connectivity index (χ3v) is 4.42. The van der Waals surface area contributed by atoms with Crippen molar-refractivity contribution in [3.63, 3.8) is 0 Å². The van der Waals surface area contributed by atoms with Gasteiger partial charge < -0.3 is 9.47 Å². The van der Waals surface area contributed by atoms with Crippen molar-refractivity contribution in [2.45, 2.75) is 33.8 Å². The van der Waals surface area contributed by atoms with Crippen molar-refractivity contribution >= 4 is 17.7 Å². The van der Waals surface area contributed by atoms with Gasteiger partial charge in [0, 0.05) is 11.0 Å². The Morgan fingerprint density at radius 2 is 1.36 bits per heavy atom. The van der Waals surface area contributed by atoms with Crippen LogP contribution in [0.3, 0.4) is 0 Å². The Kier molecular flexibility index (Phi) is 7.10. The van der Waals surface area contributed by atoms with E-state index < -0.39 is 29.2 Å². The normalized spacial score (nSPS) is 12.3. The summed E-state index contributed by atoms with van der Waals surface area (Å²) in [7, 11) is 0. The third-order valence-electron chi connectivity index (χ3n) is 4.42. The summed E-state index contributed by atoms with van der Waals surface area (Å²) >= 11 is 0. The van der Waals surface area contributed by atoms with Crippen LogP contribution in [-0.4, -0.2) is 30.4 Å². The Hall–Kier alpha value is -2.95. The van der Waals surface area contributed by atoms with Crippen LogP contribution in [0, 0.1) is 11.3 Å². The Morgan fingerprint density at radius 1 is 0.857 bits per heavy atom. The number of hydrogen-bond acceptors (Lipinski definition) is 5. The summed E-state index contributed by atoms with van der Waals surface area (Å²) in [5.41, 5.74) is 0.0621. The maximum Gasteiger partial charge on any atom is 0.379 e. The van der Waals surface area contributed by atoms with Gasteiger partial charge in [-0.2, -0.15) is 0 Å². The SMILES string of the molecule is CC(C)C(OC(=O)c1ccccc1)C(C)(C)COC(=O)C(=O)c1ccccc1. The van der Waals surface area contributed by atoms with Crippen molar-refractivity contribution in [1.82, 2.24) is 0 Å². The molecule has 2 rings (SSSR count). The minimum absolute atomic E-state index is 0.00816. The van der Waals surface area contributed by atoms with Crippen molar-refractivity contribution in [1.29, 1.82) is 0 Å². The molecule has 0 fully saturated rings. The molecule has 0 bridgehead atoms. The molecule has 5 nitrogen and oxygen atoms in total. The summed E-state index contributed by atoms with van der Waals surface area (Å²) in [5, 5.41) is 0. The molecule has 0 aliphatic carbocycles. The molecule has 148 valence electrons. The number of ether oxygens (including phenoxy) is 2. The molecule has 0 aliphatic heterocycles. The first-order chi connectivity index (χ1) is 13.2. The molecule has 0 radical (unpaired) electrons. The second-order valence-corrected chi connectivity index (χ2v) is 7.70. The van der Waals surface area contributed by atoms with Gasteiger partial charge in [0.25, 0.3) is 5.78 Å². The highest BCUT2D eigenvalue weighted by atomic mass is 16.6. The molecule has 0 saturated heterocycles. The van der Waals surface area contributed by atoms with E-state index in [9.17, 15) is 14.4 Å². The zero-order chi connectivity index (χ0) is 20.7. The van der Waals surface area contributed by atoms with Gasteiger partial charge in [-0.1, -0.05) is 76.2 Å². The van der Waals surface area contributed by atoms with Crippen LogP contribution in [0.1, 0.15) is 48.4 Å². The molecule has 5 heteroatoms. The van der Waals surface area contributed by atoms with Crippen LogP contribution >= 0.6 is 0 Å². The Labute approximate surface area is 165 Å². The van der Waals surface area contributed by atoms with Crippen molar-refractivity contribution in [3.8, 4) is 0 Å². The quantitative estimate of drug-likeness (QED) is 0.386. The standard InChI is InChI=1S/C23H26O5/c1-16(2)20(28-21(25)18-13-9-6-10-14-18)23(3,4)15-27-22(26)19(24)17-11-7-5-8-12-17/h5-14,16,20H,15H2,1-4H3. The first-order valence-corrected chi connectivity index (χ1v) is 9.25. The topological polar surface area (TPSA) is 69.7 Å². The summed E-state index contributed by atoms with van der Waals surface area (Å²) < 4.78 is 11.0. The van der Waals surface area contributed by atoms with Crippen LogP contribution in [0.15, 0.2) is 60.7 Å². The van der Waals surface area contributed by atoms with Crippen LogP contribution in [0.2, 0.25) is 0 Å². The fourth-order valence-electron chi connectivity index (χ4n) is 3.06. The van der Waals surface area contributed by atoms with Gasteiger partial charge in [-0.3, -0.25) is 4.79 Å². The molecule has 2 aromatic carbocycles. The maximum atomic E-state index is 12.5. The molecule has 0 saturated carbocycles. The van der Waals surface area contributed by atoms with E-state index in [1.807, 2.05) is 33.8 Å². The van der Waals surface area contributed by atoms with Gasteiger partial charge >= 0.3 is 11.9 Å². The van der Waals surface area contributed by atoms with E-state index in [2.05, 4.69) is 0 Å². The maximum absolute atomic E-state index is 12.5. The number of ketones is 1. The van der Waals surface area contributed by atoms with Gasteiger partial charge in [-0.15, -0.1) is 0 Å². The minimum Gasteiger partial charge on any atom is -0.459 e. The predicted molar refractivity (Wildman–Crippen MR) is 106 cm³/mol. The van der Waals surface area contributed by atoms with Gasteiger partial charge in [0.05, 0.1) is 5.56 Å². The molecule has 0 spiro atoms.